The van der Waals surface area contributed by atoms with Gasteiger partial charge in [-0.3, -0.25) is 14.2 Å². The number of amides is 1. The number of carbonyl (C=O) groups excluding carboxylic acids is 1. The van der Waals surface area contributed by atoms with Crippen LogP contribution in [0.4, 0.5) is 13.2 Å². The van der Waals surface area contributed by atoms with Crippen molar-refractivity contribution >= 4 is 5.91 Å². The van der Waals surface area contributed by atoms with E-state index in [1.807, 2.05) is 36.4 Å². The van der Waals surface area contributed by atoms with Gasteiger partial charge < -0.3 is 5.32 Å². The summed E-state index contributed by atoms with van der Waals surface area (Å²) in [7, 11) is 3.06. The van der Waals surface area contributed by atoms with Crippen LogP contribution >= 0.6 is 0 Å². The summed E-state index contributed by atoms with van der Waals surface area (Å²) in [4.78, 5) is 12.4. The summed E-state index contributed by atoms with van der Waals surface area (Å²) in [5.41, 5.74) is 1.44. The van der Waals surface area contributed by atoms with E-state index in [1.165, 1.54) is 7.05 Å². The molecule has 1 amide bonds. The highest BCUT2D eigenvalue weighted by Crippen LogP contribution is 2.28. The maximum Gasteiger partial charge on any atom is 0.435 e. The molecule has 0 radical (unpaired) electrons. The van der Waals surface area contributed by atoms with E-state index in [-0.39, 0.29) is 5.69 Å². The Morgan fingerprint density at radius 3 is 2.39 bits per heavy atom. The van der Waals surface area contributed by atoms with Crippen LogP contribution < -0.4 is 5.32 Å². The molecule has 9 heteroatoms. The molecule has 0 aliphatic carbocycles. The molecule has 2 aromatic heterocycles. The van der Waals surface area contributed by atoms with E-state index >= 15 is 0 Å². The maximum atomic E-state index is 12.8. The predicted octanol–water partition coefficient (Wildman–Crippen LogP) is 3.25. The minimum atomic E-state index is -4.60. The maximum absolute atomic E-state index is 12.8. The van der Waals surface area contributed by atoms with Crippen LogP contribution in [0.15, 0.2) is 42.5 Å². The largest absolute Gasteiger partial charge is 0.435 e. The van der Waals surface area contributed by atoms with E-state index in [4.69, 9.17) is 0 Å². The van der Waals surface area contributed by atoms with E-state index in [1.54, 1.807) is 18.7 Å². The van der Waals surface area contributed by atoms with Crippen LogP contribution in [-0.4, -0.2) is 25.5 Å². The van der Waals surface area contributed by atoms with Crippen LogP contribution in [0.1, 0.15) is 46.1 Å². The first kappa shape index (κ1) is 19.7. The van der Waals surface area contributed by atoms with Gasteiger partial charge >= 0.3 is 6.18 Å². The van der Waals surface area contributed by atoms with E-state index in [9.17, 15) is 18.0 Å². The van der Waals surface area contributed by atoms with Gasteiger partial charge in [-0.1, -0.05) is 30.3 Å². The van der Waals surface area contributed by atoms with Crippen molar-refractivity contribution in [1.29, 1.82) is 0 Å². The van der Waals surface area contributed by atoms with Gasteiger partial charge in [0.15, 0.2) is 5.69 Å². The third-order valence-corrected chi connectivity index (χ3v) is 4.39. The Morgan fingerprint density at radius 1 is 1.11 bits per heavy atom. The second kappa shape index (κ2) is 7.49. The molecule has 6 nitrogen and oxygen atoms in total. The standard InChI is InChI=1S/C19H20F3N5O/c1-12(23-18(28)16-11-17(19(20,21)22)25-27(16)3)15-10-14(24-26(15)2)9-13-7-5-4-6-8-13/h4-8,10-12H,9H2,1-3H3,(H,23,28). The topological polar surface area (TPSA) is 64.7 Å². The van der Waals surface area contributed by atoms with Crippen molar-refractivity contribution in [2.45, 2.75) is 25.6 Å². The molecule has 2 heterocycles. The Morgan fingerprint density at radius 2 is 1.79 bits per heavy atom. The van der Waals surface area contributed by atoms with Crippen molar-refractivity contribution in [3.63, 3.8) is 0 Å². The lowest BCUT2D eigenvalue weighted by Gasteiger charge is -2.14. The molecule has 0 saturated heterocycles. The summed E-state index contributed by atoms with van der Waals surface area (Å²) in [5, 5.41) is 10.5. The summed E-state index contributed by atoms with van der Waals surface area (Å²) in [6, 6.07) is 12.0. The highest BCUT2D eigenvalue weighted by molar-refractivity contribution is 5.92. The lowest BCUT2D eigenvalue weighted by molar-refractivity contribution is -0.141. The van der Waals surface area contributed by atoms with Gasteiger partial charge in [0, 0.05) is 26.6 Å². The number of alkyl halides is 3. The molecule has 0 bridgehead atoms. The SMILES string of the molecule is CC(NC(=O)c1cc(C(F)(F)F)nn1C)c1cc(Cc2ccccc2)nn1C. The number of nitrogens with zero attached hydrogens (tertiary/aromatic N) is 4. The van der Waals surface area contributed by atoms with E-state index in [0.29, 0.717) is 6.42 Å². The second-order valence-corrected chi connectivity index (χ2v) is 6.58. The van der Waals surface area contributed by atoms with Gasteiger partial charge in [-0.15, -0.1) is 0 Å². The summed E-state index contributed by atoms with van der Waals surface area (Å²) in [5.74, 6) is -0.635. The fourth-order valence-corrected chi connectivity index (χ4v) is 3.00. The van der Waals surface area contributed by atoms with Gasteiger partial charge in [-0.05, 0) is 18.6 Å². The van der Waals surface area contributed by atoms with Gasteiger partial charge in [0.25, 0.3) is 5.91 Å². The molecule has 3 aromatic rings. The quantitative estimate of drug-likeness (QED) is 0.726. The summed E-state index contributed by atoms with van der Waals surface area (Å²) < 4.78 is 40.9. The molecule has 1 N–H and O–H groups in total. The molecule has 0 aliphatic rings. The number of carbonyl (C=O) groups is 1. The fraction of sp³-hybridized carbons (Fsp3) is 0.316. The zero-order valence-corrected chi connectivity index (χ0v) is 15.7. The molecule has 0 spiro atoms. The Kier molecular flexibility index (Phi) is 5.26. The molecule has 1 unspecified atom stereocenters. The van der Waals surface area contributed by atoms with Crippen molar-refractivity contribution in [2.75, 3.05) is 0 Å². The molecule has 0 aliphatic heterocycles. The van der Waals surface area contributed by atoms with E-state index in [0.717, 1.165) is 27.7 Å². The third kappa shape index (κ3) is 4.24. The Bertz CT molecular complexity index is 975. The minimum absolute atomic E-state index is 0.161. The van der Waals surface area contributed by atoms with Gasteiger partial charge in [0.2, 0.25) is 0 Å². The number of aryl methyl sites for hydroxylation is 2. The highest BCUT2D eigenvalue weighted by atomic mass is 19.4. The summed E-state index contributed by atoms with van der Waals surface area (Å²) in [6.07, 6.45) is -3.96. The molecule has 0 saturated carbocycles. The Balaban J connectivity index is 1.73. The molecule has 0 fully saturated rings. The zero-order chi connectivity index (χ0) is 20.5. The lowest BCUT2D eigenvalue weighted by atomic mass is 10.1. The van der Waals surface area contributed by atoms with Crippen LogP contribution in [-0.2, 0) is 26.7 Å². The average Bonchev–Trinajstić information content (AvgIpc) is 3.18. The molecule has 1 atom stereocenters. The molecule has 1 aromatic carbocycles. The Labute approximate surface area is 160 Å². The number of aromatic nitrogens is 4. The first-order valence-electron chi connectivity index (χ1n) is 8.64. The number of rotatable bonds is 5. The van der Waals surface area contributed by atoms with Crippen LogP contribution in [0.2, 0.25) is 0 Å². The summed E-state index contributed by atoms with van der Waals surface area (Å²) >= 11 is 0. The van der Waals surface area contributed by atoms with E-state index < -0.39 is 23.8 Å². The number of benzene rings is 1. The van der Waals surface area contributed by atoms with Crippen molar-refractivity contribution in [2.24, 2.45) is 14.1 Å². The Hall–Kier alpha value is -3.10. The smallest absolute Gasteiger partial charge is 0.343 e. The van der Waals surface area contributed by atoms with Crippen molar-refractivity contribution < 1.29 is 18.0 Å². The first-order valence-corrected chi connectivity index (χ1v) is 8.64. The van der Waals surface area contributed by atoms with E-state index in [2.05, 4.69) is 15.5 Å². The van der Waals surface area contributed by atoms with Crippen molar-refractivity contribution in [3.8, 4) is 0 Å². The van der Waals surface area contributed by atoms with Crippen molar-refractivity contribution in [1.82, 2.24) is 24.9 Å². The average molecular weight is 391 g/mol. The lowest BCUT2D eigenvalue weighted by Crippen LogP contribution is -2.29. The van der Waals surface area contributed by atoms with Gasteiger partial charge in [-0.25, -0.2) is 0 Å². The normalized spacial score (nSPS) is 12.8. The van der Waals surface area contributed by atoms with Gasteiger partial charge in [0.1, 0.15) is 5.69 Å². The minimum Gasteiger partial charge on any atom is -0.343 e. The second-order valence-electron chi connectivity index (χ2n) is 6.58. The number of nitrogens with one attached hydrogen (secondary N) is 1. The van der Waals surface area contributed by atoms with Crippen LogP contribution in [0.3, 0.4) is 0 Å². The van der Waals surface area contributed by atoms with Crippen LogP contribution in [0.5, 0.6) is 0 Å². The molecular weight excluding hydrogens is 371 g/mol. The van der Waals surface area contributed by atoms with Gasteiger partial charge in [-0.2, -0.15) is 23.4 Å². The molecule has 28 heavy (non-hydrogen) atoms. The molecule has 3 rings (SSSR count). The predicted molar refractivity (Wildman–Crippen MR) is 96.5 cm³/mol. The summed E-state index contributed by atoms with van der Waals surface area (Å²) in [6.45, 7) is 1.75. The highest BCUT2D eigenvalue weighted by Gasteiger charge is 2.35. The number of halogens is 3. The monoisotopic (exact) mass is 391 g/mol. The molecular formula is C19H20F3N5O. The van der Waals surface area contributed by atoms with Crippen molar-refractivity contribution in [3.05, 3.63) is 70.8 Å². The number of hydrogen-bond donors (Lipinski definition) is 1. The third-order valence-electron chi connectivity index (χ3n) is 4.39. The van der Waals surface area contributed by atoms with Gasteiger partial charge in [0.05, 0.1) is 17.4 Å². The first-order chi connectivity index (χ1) is 13.1. The fourth-order valence-electron chi connectivity index (χ4n) is 3.00. The zero-order valence-electron chi connectivity index (χ0n) is 15.7. The number of hydrogen-bond acceptors (Lipinski definition) is 3. The van der Waals surface area contributed by atoms with Crippen LogP contribution in [0.25, 0.3) is 0 Å². The molecule has 148 valence electrons. The van der Waals surface area contributed by atoms with Crippen LogP contribution in [0, 0.1) is 0 Å².